The molecule has 1 N–H and O–H groups in total. The molecule has 4 heterocycles. The zero-order valence-corrected chi connectivity index (χ0v) is 12.5. The average Bonchev–Trinajstić information content (AvgIpc) is 3.00. The Kier molecular flexibility index (Phi) is 3.31. The lowest BCUT2D eigenvalue weighted by molar-refractivity contribution is -0.0672. The van der Waals surface area contributed by atoms with Gasteiger partial charge in [-0.2, -0.15) is 0 Å². The molecule has 2 atom stereocenters. The fourth-order valence-corrected chi connectivity index (χ4v) is 3.32. The van der Waals surface area contributed by atoms with Gasteiger partial charge in [0.2, 0.25) is 0 Å². The maximum Gasteiger partial charge on any atom is 0.138 e. The molecule has 0 aliphatic carbocycles. The maximum absolute atomic E-state index is 9.98. The van der Waals surface area contributed by atoms with E-state index in [1.54, 1.807) is 12.3 Å². The number of hydrogen-bond donors (Lipinski definition) is 1. The highest BCUT2D eigenvalue weighted by Crippen LogP contribution is 2.31. The van der Waals surface area contributed by atoms with Gasteiger partial charge in [-0.25, -0.2) is 4.68 Å². The van der Waals surface area contributed by atoms with Crippen molar-refractivity contribution in [2.24, 2.45) is 0 Å². The molecule has 7 heteroatoms. The van der Waals surface area contributed by atoms with E-state index in [9.17, 15) is 5.11 Å². The topological polar surface area (TPSA) is 76.3 Å². The van der Waals surface area contributed by atoms with Crippen molar-refractivity contribution in [2.75, 3.05) is 13.1 Å². The van der Waals surface area contributed by atoms with Crippen LogP contribution < -0.4 is 0 Å². The monoisotopic (exact) mass is 301 g/mol. The third-order valence-electron chi connectivity index (χ3n) is 4.48. The number of ether oxygens (including phenoxy) is 1. The lowest BCUT2D eigenvalue weighted by Crippen LogP contribution is -2.47. The fourth-order valence-electron chi connectivity index (χ4n) is 3.32. The Morgan fingerprint density at radius 2 is 2.32 bits per heavy atom. The highest BCUT2D eigenvalue weighted by molar-refractivity contribution is 5.27. The summed E-state index contributed by atoms with van der Waals surface area (Å²) in [6, 6.07) is 3.72. The van der Waals surface area contributed by atoms with Crippen LogP contribution in [0.5, 0.6) is 5.75 Å². The Morgan fingerprint density at radius 1 is 1.41 bits per heavy atom. The van der Waals surface area contributed by atoms with Crippen molar-refractivity contribution in [3.63, 3.8) is 0 Å². The molecule has 1 fully saturated rings. The first-order chi connectivity index (χ1) is 10.7. The van der Waals surface area contributed by atoms with E-state index in [0.717, 1.165) is 36.6 Å². The first kappa shape index (κ1) is 13.7. The van der Waals surface area contributed by atoms with Crippen LogP contribution in [0.15, 0.2) is 18.3 Å². The standard InChI is InChI=1S/C15H19N5O2/c1-10-2-3-14(21)12(17-10)7-19-5-4-15-13(8-19)20-11(9-22-15)6-16-18-20/h2-3,6,13,15,21H,4-5,7-9H2,1H3/t13-,15-/m0/s1. The summed E-state index contributed by atoms with van der Waals surface area (Å²) in [7, 11) is 0. The number of pyridine rings is 1. The number of likely N-dealkylation sites (tertiary alicyclic amines) is 1. The van der Waals surface area contributed by atoms with Crippen LogP contribution in [-0.4, -0.2) is 49.2 Å². The van der Waals surface area contributed by atoms with Crippen LogP contribution in [0.2, 0.25) is 0 Å². The molecule has 0 aromatic carbocycles. The van der Waals surface area contributed by atoms with Crippen LogP contribution in [-0.2, 0) is 17.9 Å². The van der Waals surface area contributed by atoms with Crippen LogP contribution in [0.25, 0.3) is 0 Å². The lowest BCUT2D eigenvalue weighted by atomic mass is 10.00. The molecular weight excluding hydrogens is 282 g/mol. The van der Waals surface area contributed by atoms with Gasteiger partial charge in [-0.05, 0) is 25.5 Å². The van der Waals surface area contributed by atoms with Gasteiger partial charge in [0.15, 0.2) is 0 Å². The molecule has 2 aromatic rings. The molecule has 0 amide bonds. The van der Waals surface area contributed by atoms with Gasteiger partial charge in [-0.1, -0.05) is 5.21 Å². The molecule has 2 aromatic heterocycles. The summed E-state index contributed by atoms with van der Waals surface area (Å²) in [5.74, 6) is 0.258. The number of aryl methyl sites for hydroxylation is 1. The molecule has 0 radical (unpaired) electrons. The molecule has 0 bridgehead atoms. The van der Waals surface area contributed by atoms with Crippen molar-refractivity contribution < 1.29 is 9.84 Å². The van der Waals surface area contributed by atoms with E-state index in [1.165, 1.54) is 0 Å². The Morgan fingerprint density at radius 3 is 3.23 bits per heavy atom. The summed E-state index contributed by atoms with van der Waals surface area (Å²) < 4.78 is 7.91. The Hall–Kier alpha value is -1.99. The summed E-state index contributed by atoms with van der Waals surface area (Å²) >= 11 is 0. The third-order valence-corrected chi connectivity index (χ3v) is 4.48. The molecule has 7 nitrogen and oxygen atoms in total. The Bertz CT molecular complexity index is 686. The number of hydrogen-bond acceptors (Lipinski definition) is 6. The predicted octanol–water partition coefficient (Wildman–Crippen LogP) is 1.03. The molecule has 2 aliphatic rings. The zero-order chi connectivity index (χ0) is 15.1. The largest absolute Gasteiger partial charge is 0.506 e. The van der Waals surface area contributed by atoms with Crippen molar-refractivity contribution >= 4 is 0 Å². The van der Waals surface area contributed by atoms with Gasteiger partial charge in [-0.3, -0.25) is 9.88 Å². The number of aromatic nitrogens is 4. The first-order valence-electron chi connectivity index (χ1n) is 7.59. The third kappa shape index (κ3) is 2.36. The van der Waals surface area contributed by atoms with Gasteiger partial charge in [-0.15, -0.1) is 5.10 Å². The minimum atomic E-state index is 0.187. The Labute approximate surface area is 128 Å². The van der Waals surface area contributed by atoms with E-state index < -0.39 is 0 Å². The molecule has 2 aliphatic heterocycles. The van der Waals surface area contributed by atoms with Gasteiger partial charge in [0, 0.05) is 25.3 Å². The highest BCUT2D eigenvalue weighted by atomic mass is 16.5. The van der Waals surface area contributed by atoms with E-state index in [4.69, 9.17) is 4.74 Å². The van der Waals surface area contributed by atoms with E-state index in [2.05, 4.69) is 20.2 Å². The first-order valence-corrected chi connectivity index (χ1v) is 7.59. The van der Waals surface area contributed by atoms with Gasteiger partial charge in [0.1, 0.15) is 5.75 Å². The van der Waals surface area contributed by atoms with Crippen LogP contribution >= 0.6 is 0 Å². The molecule has 0 saturated carbocycles. The average molecular weight is 301 g/mol. The van der Waals surface area contributed by atoms with Crippen LogP contribution in [0.1, 0.15) is 29.5 Å². The van der Waals surface area contributed by atoms with Crippen molar-refractivity contribution in [1.29, 1.82) is 0 Å². The van der Waals surface area contributed by atoms with Crippen LogP contribution in [0, 0.1) is 6.92 Å². The second-order valence-corrected chi connectivity index (χ2v) is 6.03. The quantitative estimate of drug-likeness (QED) is 0.893. The summed E-state index contributed by atoms with van der Waals surface area (Å²) in [5, 5.41) is 18.2. The second-order valence-electron chi connectivity index (χ2n) is 6.03. The van der Waals surface area contributed by atoms with E-state index >= 15 is 0 Å². The SMILES string of the molecule is Cc1ccc(O)c(CN2CC[C@@H]3OCc4cnnn4[C@H]3C2)n1. The summed E-state index contributed by atoms with van der Waals surface area (Å²) in [6.07, 6.45) is 2.92. The van der Waals surface area contributed by atoms with Gasteiger partial charge in [0.05, 0.1) is 36.3 Å². The maximum atomic E-state index is 9.98. The second kappa shape index (κ2) is 5.33. The molecule has 0 unspecified atom stereocenters. The summed E-state index contributed by atoms with van der Waals surface area (Å²) in [4.78, 5) is 6.74. The molecule has 0 spiro atoms. The lowest BCUT2D eigenvalue weighted by Gasteiger charge is -2.40. The summed E-state index contributed by atoms with van der Waals surface area (Å²) in [6.45, 7) is 4.93. The van der Waals surface area contributed by atoms with Gasteiger partial charge >= 0.3 is 0 Å². The van der Waals surface area contributed by atoms with Crippen molar-refractivity contribution in [3.8, 4) is 5.75 Å². The minimum absolute atomic E-state index is 0.187. The van der Waals surface area contributed by atoms with Crippen molar-refractivity contribution in [2.45, 2.75) is 38.6 Å². The van der Waals surface area contributed by atoms with Crippen LogP contribution in [0.3, 0.4) is 0 Å². The molecule has 1 saturated heterocycles. The molecule has 22 heavy (non-hydrogen) atoms. The number of piperidine rings is 1. The number of fused-ring (bicyclic) bond motifs is 3. The number of nitrogens with zero attached hydrogens (tertiary/aromatic N) is 5. The van der Waals surface area contributed by atoms with E-state index in [-0.39, 0.29) is 17.9 Å². The van der Waals surface area contributed by atoms with E-state index in [1.807, 2.05) is 17.7 Å². The minimum Gasteiger partial charge on any atom is -0.506 e. The summed E-state index contributed by atoms with van der Waals surface area (Å²) in [5.41, 5.74) is 2.68. The fraction of sp³-hybridized carbons (Fsp3) is 0.533. The van der Waals surface area contributed by atoms with Crippen LogP contribution in [0.4, 0.5) is 0 Å². The van der Waals surface area contributed by atoms with Crippen molar-refractivity contribution in [1.82, 2.24) is 24.9 Å². The van der Waals surface area contributed by atoms with Gasteiger partial charge < -0.3 is 9.84 Å². The molecular formula is C15H19N5O2. The number of rotatable bonds is 2. The smallest absolute Gasteiger partial charge is 0.138 e. The number of aromatic hydroxyl groups is 1. The normalized spacial score (nSPS) is 24.8. The highest BCUT2D eigenvalue weighted by Gasteiger charge is 2.36. The van der Waals surface area contributed by atoms with E-state index in [0.29, 0.717) is 13.2 Å². The zero-order valence-electron chi connectivity index (χ0n) is 12.5. The Balaban J connectivity index is 1.53. The predicted molar refractivity (Wildman–Crippen MR) is 78.2 cm³/mol. The van der Waals surface area contributed by atoms with Crippen molar-refractivity contribution in [3.05, 3.63) is 35.4 Å². The molecule has 116 valence electrons. The van der Waals surface area contributed by atoms with Gasteiger partial charge in [0.25, 0.3) is 0 Å². The molecule has 4 rings (SSSR count).